The summed E-state index contributed by atoms with van der Waals surface area (Å²) in [6, 6.07) is 10.9. The van der Waals surface area contributed by atoms with Crippen LogP contribution < -0.4 is 4.72 Å². The molecule has 0 unspecified atom stereocenters. The Balaban J connectivity index is 2.39. The molecule has 2 aromatic rings. The Hall–Kier alpha value is -1.91. The van der Waals surface area contributed by atoms with Crippen LogP contribution in [-0.4, -0.2) is 13.4 Å². The molecule has 1 aromatic heterocycles. The summed E-state index contributed by atoms with van der Waals surface area (Å²) in [6.07, 6.45) is 1.54. The molecule has 0 fully saturated rings. The van der Waals surface area contributed by atoms with E-state index in [1.54, 1.807) is 18.2 Å². The standard InChI is InChI=1S/C12H8BrN3O2S/c13-12-11(5-2-6-15-12)16-19(17,18)10-4-1-3-9(7-10)8-14/h1-7,16H. The zero-order valence-corrected chi connectivity index (χ0v) is 11.9. The molecule has 0 saturated heterocycles. The summed E-state index contributed by atoms with van der Waals surface area (Å²) >= 11 is 3.16. The van der Waals surface area contributed by atoms with Crippen molar-refractivity contribution in [2.45, 2.75) is 4.90 Å². The van der Waals surface area contributed by atoms with Crippen LogP contribution in [0.4, 0.5) is 5.69 Å². The summed E-state index contributed by atoms with van der Waals surface area (Å²) in [5, 5.41) is 8.78. The highest BCUT2D eigenvalue weighted by atomic mass is 79.9. The number of sulfonamides is 1. The fraction of sp³-hybridized carbons (Fsp3) is 0. The van der Waals surface area contributed by atoms with E-state index in [1.807, 2.05) is 6.07 Å². The molecule has 0 saturated carbocycles. The predicted molar refractivity (Wildman–Crippen MR) is 73.9 cm³/mol. The van der Waals surface area contributed by atoms with Crippen molar-refractivity contribution in [1.82, 2.24) is 4.98 Å². The van der Waals surface area contributed by atoms with E-state index in [0.717, 1.165) is 0 Å². The molecule has 0 spiro atoms. The summed E-state index contributed by atoms with van der Waals surface area (Å²) in [5.41, 5.74) is 0.623. The SMILES string of the molecule is N#Cc1cccc(S(=O)(=O)Nc2cccnc2Br)c1. The van der Waals surface area contributed by atoms with Gasteiger partial charge in [0.25, 0.3) is 10.0 Å². The first-order valence-corrected chi connectivity index (χ1v) is 7.44. The number of nitrogens with one attached hydrogen (secondary N) is 1. The first-order chi connectivity index (χ1) is 9.03. The van der Waals surface area contributed by atoms with E-state index < -0.39 is 10.0 Å². The Bertz CT molecular complexity index is 754. The Labute approximate surface area is 119 Å². The highest BCUT2D eigenvalue weighted by molar-refractivity contribution is 9.10. The molecule has 0 amide bonds. The first-order valence-electron chi connectivity index (χ1n) is 5.16. The zero-order chi connectivity index (χ0) is 13.9. The minimum Gasteiger partial charge on any atom is -0.277 e. The van der Waals surface area contributed by atoms with E-state index in [9.17, 15) is 8.42 Å². The molecular weight excluding hydrogens is 330 g/mol. The number of benzene rings is 1. The van der Waals surface area contributed by atoms with Gasteiger partial charge in [0.15, 0.2) is 0 Å². The smallest absolute Gasteiger partial charge is 0.262 e. The van der Waals surface area contributed by atoms with Crippen LogP contribution >= 0.6 is 15.9 Å². The number of rotatable bonds is 3. The van der Waals surface area contributed by atoms with Gasteiger partial charge in [-0.3, -0.25) is 4.72 Å². The monoisotopic (exact) mass is 337 g/mol. The molecule has 1 N–H and O–H groups in total. The van der Waals surface area contributed by atoms with Gasteiger partial charge in [-0.05, 0) is 46.3 Å². The second-order valence-corrected chi connectivity index (χ2v) is 6.02. The highest BCUT2D eigenvalue weighted by Crippen LogP contribution is 2.22. The number of halogens is 1. The number of hydrogen-bond acceptors (Lipinski definition) is 4. The first kappa shape index (κ1) is 13.5. The molecular formula is C12H8BrN3O2S. The van der Waals surface area contributed by atoms with Gasteiger partial charge in [0.2, 0.25) is 0 Å². The number of pyridine rings is 1. The van der Waals surface area contributed by atoms with Gasteiger partial charge in [-0.25, -0.2) is 13.4 Å². The van der Waals surface area contributed by atoms with E-state index in [-0.39, 0.29) is 10.5 Å². The number of nitrogens with zero attached hydrogens (tertiary/aromatic N) is 2. The highest BCUT2D eigenvalue weighted by Gasteiger charge is 2.16. The van der Waals surface area contributed by atoms with Crippen LogP contribution in [0, 0.1) is 11.3 Å². The minimum atomic E-state index is -3.74. The molecule has 2 rings (SSSR count). The molecule has 0 aliphatic rings. The van der Waals surface area contributed by atoms with Crippen molar-refractivity contribution in [3.8, 4) is 6.07 Å². The largest absolute Gasteiger partial charge is 0.277 e. The van der Waals surface area contributed by atoms with E-state index in [2.05, 4.69) is 25.6 Å². The van der Waals surface area contributed by atoms with Crippen LogP contribution in [0.2, 0.25) is 0 Å². The summed E-state index contributed by atoms with van der Waals surface area (Å²) in [4.78, 5) is 3.96. The number of nitriles is 1. The van der Waals surface area contributed by atoms with Crippen molar-refractivity contribution in [2.24, 2.45) is 0 Å². The van der Waals surface area contributed by atoms with Crippen LogP contribution in [0.1, 0.15) is 5.56 Å². The van der Waals surface area contributed by atoms with Crippen molar-refractivity contribution in [3.63, 3.8) is 0 Å². The maximum absolute atomic E-state index is 12.2. The second-order valence-electron chi connectivity index (χ2n) is 3.59. The molecule has 96 valence electrons. The Morgan fingerprint density at radius 3 is 2.74 bits per heavy atom. The predicted octanol–water partition coefficient (Wildman–Crippen LogP) is 2.52. The van der Waals surface area contributed by atoms with Crippen molar-refractivity contribution >= 4 is 31.6 Å². The molecule has 1 aromatic carbocycles. The molecule has 0 bridgehead atoms. The summed E-state index contributed by atoms with van der Waals surface area (Å²) in [7, 11) is -3.74. The Morgan fingerprint density at radius 1 is 1.26 bits per heavy atom. The third kappa shape index (κ3) is 3.10. The van der Waals surface area contributed by atoms with Gasteiger partial charge in [-0.15, -0.1) is 0 Å². The summed E-state index contributed by atoms with van der Waals surface area (Å²) < 4.78 is 27.1. The molecule has 19 heavy (non-hydrogen) atoms. The lowest BCUT2D eigenvalue weighted by atomic mass is 10.2. The Kier molecular flexibility index (Phi) is 3.83. The lowest BCUT2D eigenvalue weighted by molar-refractivity contribution is 0.601. The van der Waals surface area contributed by atoms with Crippen LogP contribution in [0.5, 0.6) is 0 Å². The van der Waals surface area contributed by atoms with Gasteiger partial charge in [-0.2, -0.15) is 5.26 Å². The Morgan fingerprint density at radius 2 is 2.05 bits per heavy atom. The van der Waals surface area contributed by atoms with Gasteiger partial charge in [-0.1, -0.05) is 6.07 Å². The quantitative estimate of drug-likeness (QED) is 0.872. The normalized spacial score (nSPS) is 10.7. The van der Waals surface area contributed by atoms with Crippen LogP contribution in [-0.2, 0) is 10.0 Å². The van der Waals surface area contributed by atoms with E-state index in [0.29, 0.717) is 10.3 Å². The molecule has 7 heteroatoms. The van der Waals surface area contributed by atoms with Crippen molar-refractivity contribution in [3.05, 3.63) is 52.8 Å². The molecule has 0 radical (unpaired) electrons. The average Bonchev–Trinajstić information content (AvgIpc) is 2.41. The topological polar surface area (TPSA) is 82.8 Å². The van der Waals surface area contributed by atoms with Crippen LogP contribution in [0.25, 0.3) is 0 Å². The average molecular weight is 338 g/mol. The van der Waals surface area contributed by atoms with E-state index in [4.69, 9.17) is 5.26 Å². The third-order valence-corrected chi connectivity index (χ3v) is 4.27. The van der Waals surface area contributed by atoms with Crippen molar-refractivity contribution in [2.75, 3.05) is 4.72 Å². The fourth-order valence-electron chi connectivity index (χ4n) is 1.40. The van der Waals surface area contributed by atoms with Crippen molar-refractivity contribution in [1.29, 1.82) is 5.26 Å². The second kappa shape index (κ2) is 5.38. The summed E-state index contributed by atoms with van der Waals surface area (Å²) in [6.45, 7) is 0. The molecule has 0 atom stereocenters. The van der Waals surface area contributed by atoms with Gasteiger partial charge in [0.1, 0.15) is 4.60 Å². The zero-order valence-electron chi connectivity index (χ0n) is 9.54. The lowest BCUT2D eigenvalue weighted by Gasteiger charge is -2.09. The van der Waals surface area contributed by atoms with E-state index in [1.165, 1.54) is 24.4 Å². The van der Waals surface area contributed by atoms with Gasteiger partial charge in [0, 0.05) is 6.20 Å². The molecule has 0 aliphatic heterocycles. The number of anilines is 1. The molecule has 5 nitrogen and oxygen atoms in total. The maximum Gasteiger partial charge on any atom is 0.262 e. The molecule has 1 heterocycles. The van der Waals surface area contributed by atoms with Crippen molar-refractivity contribution < 1.29 is 8.42 Å². The maximum atomic E-state index is 12.2. The van der Waals surface area contributed by atoms with Crippen LogP contribution in [0.3, 0.4) is 0 Å². The number of aromatic nitrogens is 1. The van der Waals surface area contributed by atoms with E-state index >= 15 is 0 Å². The third-order valence-electron chi connectivity index (χ3n) is 2.28. The van der Waals surface area contributed by atoms with Gasteiger partial charge >= 0.3 is 0 Å². The van der Waals surface area contributed by atoms with Gasteiger partial charge < -0.3 is 0 Å². The fourth-order valence-corrected chi connectivity index (χ4v) is 2.99. The number of hydrogen-bond donors (Lipinski definition) is 1. The molecule has 0 aliphatic carbocycles. The van der Waals surface area contributed by atoms with Crippen LogP contribution in [0.15, 0.2) is 52.1 Å². The summed E-state index contributed by atoms with van der Waals surface area (Å²) in [5.74, 6) is 0. The lowest BCUT2D eigenvalue weighted by Crippen LogP contribution is -2.13. The van der Waals surface area contributed by atoms with Gasteiger partial charge in [0.05, 0.1) is 22.2 Å². The minimum absolute atomic E-state index is 0.0299.